The van der Waals surface area contributed by atoms with E-state index in [9.17, 15) is 4.79 Å². The number of nitrogens with two attached hydrogens (primary N) is 1. The van der Waals surface area contributed by atoms with Crippen molar-refractivity contribution < 1.29 is 14.6 Å². The van der Waals surface area contributed by atoms with E-state index in [0.717, 1.165) is 19.4 Å². The number of pyridine rings is 1. The number of rotatable bonds is 8. The van der Waals surface area contributed by atoms with Crippen LogP contribution in [0.4, 0.5) is 11.5 Å². The van der Waals surface area contributed by atoms with Crippen molar-refractivity contribution in [2.24, 2.45) is 0 Å². The van der Waals surface area contributed by atoms with Gasteiger partial charge in [0.15, 0.2) is 5.69 Å². The summed E-state index contributed by atoms with van der Waals surface area (Å²) in [4.78, 5) is 14.7. The fourth-order valence-corrected chi connectivity index (χ4v) is 1.32. The molecule has 6 nitrogen and oxygen atoms in total. The summed E-state index contributed by atoms with van der Waals surface area (Å²) in [5.74, 6) is -0.689. The first-order chi connectivity index (χ1) is 8.65. The lowest BCUT2D eigenvalue weighted by Crippen LogP contribution is -2.13. The number of aromatic nitrogens is 1. The lowest BCUT2D eigenvalue weighted by atomic mass is 10.3. The second kappa shape index (κ2) is 7.50. The summed E-state index contributed by atoms with van der Waals surface area (Å²) in [7, 11) is 0. The molecule has 0 amide bonds. The Morgan fingerprint density at radius 2 is 2.28 bits per heavy atom. The van der Waals surface area contributed by atoms with E-state index in [1.807, 2.05) is 0 Å². The van der Waals surface area contributed by atoms with Crippen LogP contribution in [0.1, 0.15) is 30.3 Å². The minimum absolute atomic E-state index is 0.0291. The van der Waals surface area contributed by atoms with E-state index >= 15 is 0 Å². The van der Waals surface area contributed by atoms with E-state index in [4.69, 9.17) is 15.6 Å². The van der Waals surface area contributed by atoms with Gasteiger partial charge >= 0.3 is 5.97 Å². The first kappa shape index (κ1) is 14.2. The molecule has 4 N–H and O–H groups in total. The molecular formula is C12H19N3O3. The van der Waals surface area contributed by atoms with Gasteiger partial charge in [0.05, 0.1) is 12.3 Å². The summed E-state index contributed by atoms with van der Waals surface area (Å²) >= 11 is 0. The molecule has 0 atom stereocenters. The topological polar surface area (TPSA) is 97.5 Å². The van der Waals surface area contributed by atoms with Crippen molar-refractivity contribution in [3.05, 3.63) is 17.8 Å². The van der Waals surface area contributed by atoms with Crippen LogP contribution in [0.5, 0.6) is 0 Å². The molecule has 0 aromatic carbocycles. The zero-order valence-electron chi connectivity index (χ0n) is 10.5. The normalized spacial score (nSPS) is 10.3. The van der Waals surface area contributed by atoms with Gasteiger partial charge in [-0.15, -0.1) is 0 Å². The van der Waals surface area contributed by atoms with Crippen LogP contribution in [0.15, 0.2) is 12.1 Å². The zero-order valence-corrected chi connectivity index (χ0v) is 10.5. The average molecular weight is 253 g/mol. The summed E-state index contributed by atoms with van der Waals surface area (Å²) in [5, 5.41) is 11.8. The molecule has 100 valence electrons. The molecule has 0 unspecified atom stereocenters. The summed E-state index contributed by atoms with van der Waals surface area (Å²) in [6.07, 6.45) is 2.14. The average Bonchev–Trinajstić information content (AvgIpc) is 2.35. The standard InChI is InChI=1S/C12H19N3O3/c1-2-3-7-18-8-6-14-11-9(13)4-5-10(15-11)12(16)17/h4-5H,2-3,6-8,13H2,1H3,(H,14,15)(H,16,17). The van der Waals surface area contributed by atoms with Crippen LogP contribution in [-0.4, -0.2) is 35.8 Å². The van der Waals surface area contributed by atoms with Crippen LogP contribution in [0.25, 0.3) is 0 Å². The highest BCUT2D eigenvalue weighted by Crippen LogP contribution is 2.15. The number of carboxylic acids is 1. The van der Waals surface area contributed by atoms with E-state index in [2.05, 4.69) is 17.2 Å². The van der Waals surface area contributed by atoms with Gasteiger partial charge in [0.25, 0.3) is 0 Å². The van der Waals surface area contributed by atoms with E-state index in [0.29, 0.717) is 24.7 Å². The van der Waals surface area contributed by atoms with Crippen molar-refractivity contribution in [3.63, 3.8) is 0 Å². The van der Waals surface area contributed by atoms with Crippen LogP contribution in [0, 0.1) is 0 Å². The molecule has 1 heterocycles. The lowest BCUT2D eigenvalue weighted by molar-refractivity contribution is 0.0690. The zero-order chi connectivity index (χ0) is 13.4. The fourth-order valence-electron chi connectivity index (χ4n) is 1.32. The van der Waals surface area contributed by atoms with Crippen LogP contribution in [0.2, 0.25) is 0 Å². The first-order valence-corrected chi connectivity index (χ1v) is 5.96. The van der Waals surface area contributed by atoms with Crippen molar-refractivity contribution in [2.45, 2.75) is 19.8 Å². The van der Waals surface area contributed by atoms with E-state index in [1.165, 1.54) is 12.1 Å². The van der Waals surface area contributed by atoms with Gasteiger partial charge in [-0.1, -0.05) is 13.3 Å². The van der Waals surface area contributed by atoms with Gasteiger partial charge < -0.3 is 20.9 Å². The number of carboxylic acid groups (broad SMARTS) is 1. The lowest BCUT2D eigenvalue weighted by Gasteiger charge is -2.09. The maximum atomic E-state index is 10.8. The highest BCUT2D eigenvalue weighted by molar-refractivity contribution is 5.86. The minimum Gasteiger partial charge on any atom is -0.477 e. The molecule has 0 aliphatic carbocycles. The fraction of sp³-hybridized carbons (Fsp3) is 0.500. The molecule has 0 saturated heterocycles. The Kier molecular flexibility index (Phi) is 5.93. The van der Waals surface area contributed by atoms with E-state index in [1.54, 1.807) is 0 Å². The number of nitrogens with zero attached hydrogens (tertiary/aromatic N) is 1. The molecule has 0 radical (unpaired) electrons. The number of unbranched alkanes of at least 4 members (excludes halogenated alkanes) is 1. The SMILES string of the molecule is CCCCOCCNc1nc(C(=O)O)ccc1N. The molecule has 0 spiro atoms. The van der Waals surface area contributed by atoms with Crippen molar-refractivity contribution in [2.75, 3.05) is 30.8 Å². The van der Waals surface area contributed by atoms with Crippen LogP contribution >= 0.6 is 0 Å². The Morgan fingerprint density at radius 3 is 2.94 bits per heavy atom. The molecule has 1 aromatic heterocycles. The van der Waals surface area contributed by atoms with E-state index < -0.39 is 5.97 Å². The Labute approximate surface area is 106 Å². The Morgan fingerprint density at radius 1 is 1.50 bits per heavy atom. The number of ether oxygens (including phenoxy) is 1. The number of anilines is 2. The van der Waals surface area contributed by atoms with Gasteiger partial charge in [-0.2, -0.15) is 0 Å². The Balaban J connectivity index is 2.41. The molecule has 0 saturated carbocycles. The summed E-state index contributed by atoms with van der Waals surface area (Å²) in [5.41, 5.74) is 6.09. The number of aromatic carboxylic acids is 1. The third-order valence-electron chi connectivity index (χ3n) is 2.33. The van der Waals surface area contributed by atoms with Crippen LogP contribution in [0.3, 0.4) is 0 Å². The molecule has 6 heteroatoms. The second-order valence-corrected chi connectivity index (χ2v) is 3.83. The molecule has 18 heavy (non-hydrogen) atoms. The molecule has 0 aliphatic rings. The Bertz CT molecular complexity index is 396. The highest BCUT2D eigenvalue weighted by Gasteiger charge is 2.07. The van der Waals surface area contributed by atoms with Crippen molar-refractivity contribution in [3.8, 4) is 0 Å². The predicted molar refractivity (Wildman–Crippen MR) is 69.8 cm³/mol. The number of nitrogens with one attached hydrogen (secondary N) is 1. The molecule has 0 aliphatic heterocycles. The van der Waals surface area contributed by atoms with Gasteiger partial charge in [-0.25, -0.2) is 9.78 Å². The van der Waals surface area contributed by atoms with Crippen molar-refractivity contribution in [1.29, 1.82) is 0 Å². The van der Waals surface area contributed by atoms with Crippen molar-refractivity contribution in [1.82, 2.24) is 4.98 Å². The summed E-state index contributed by atoms with van der Waals surface area (Å²) < 4.78 is 5.37. The third-order valence-corrected chi connectivity index (χ3v) is 2.33. The number of hydrogen-bond donors (Lipinski definition) is 3. The smallest absolute Gasteiger partial charge is 0.354 e. The van der Waals surface area contributed by atoms with Gasteiger partial charge in [0, 0.05) is 13.2 Å². The second-order valence-electron chi connectivity index (χ2n) is 3.83. The third kappa shape index (κ3) is 4.58. The molecular weight excluding hydrogens is 234 g/mol. The maximum Gasteiger partial charge on any atom is 0.354 e. The van der Waals surface area contributed by atoms with Crippen molar-refractivity contribution >= 4 is 17.5 Å². The molecule has 1 aromatic rings. The van der Waals surface area contributed by atoms with Crippen LogP contribution < -0.4 is 11.1 Å². The van der Waals surface area contributed by atoms with Gasteiger partial charge in [0.1, 0.15) is 5.82 Å². The quantitative estimate of drug-likeness (QED) is 0.609. The van der Waals surface area contributed by atoms with Crippen LogP contribution in [-0.2, 0) is 4.74 Å². The largest absolute Gasteiger partial charge is 0.477 e. The Hall–Kier alpha value is -1.82. The molecule has 0 fully saturated rings. The van der Waals surface area contributed by atoms with Gasteiger partial charge in [0.2, 0.25) is 0 Å². The van der Waals surface area contributed by atoms with E-state index in [-0.39, 0.29) is 5.69 Å². The minimum atomic E-state index is -1.07. The first-order valence-electron chi connectivity index (χ1n) is 5.96. The number of nitrogen functional groups attached to an aromatic ring is 1. The van der Waals surface area contributed by atoms with Gasteiger partial charge in [-0.05, 0) is 18.6 Å². The number of carbonyl (C=O) groups is 1. The summed E-state index contributed by atoms with van der Waals surface area (Å²) in [6.45, 7) is 3.92. The maximum absolute atomic E-state index is 10.8. The molecule has 0 bridgehead atoms. The highest BCUT2D eigenvalue weighted by atomic mass is 16.5. The summed E-state index contributed by atoms with van der Waals surface area (Å²) in [6, 6.07) is 2.90. The molecule has 1 rings (SSSR count). The van der Waals surface area contributed by atoms with Gasteiger partial charge in [-0.3, -0.25) is 0 Å². The monoisotopic (exact) mass is 253 g/mol. The number of hydrogen-bond acceptors (Lipinski definition) is 5. The predicted octanol–water partition coefficient (Wildman–Crippen LogP) is 1.59.